The molecule has 0 radical (unpaired) electrons. The van der Waals surface area contributed by atoms with E-state index < -0.39 is 5.97 Å². The normalized spacial score (nSPS) is 14.5. The molecule has 3 aromatic rings. The molecule has 4 heteroatoms. The topological polar surface area (TPSA) is 55.8 Å². The van der Waals surface area contributed by atoms with Crippen molar-refractivity contribution in [2.24, 2.45) is 5.92 Å². The van der Waals surface area contributed by atoms with Crippen LogP contribution in [0.2, 0.25) is 0 Å². The van der Waals surface area contributed by atoms with Crippen LogP contribution in [0.5, 0.6) is 11.5 Å². The third-order valence-electron chi connectivity index (χ3n) is 6.25. The van der Waals surface area contributed by atoms with Crippen LogP contribution in [0.4, 0.5) is 0 Å². The van der Waals surface area contributed by atoms with Crippen LogP contribution in [0.25, 0.3) is 21.9 Å². The third kappa shape index (κ3) is 5.19. The van der Waals surface area contributed by atoms with E-state index in [4.69, 9.17) is 9.47 Å². The van der Waals surface area contributed by atoms with Gasteiger partial charge in [-0.2, -0.15) is 0 Å². The van der Waals surface area contributed by atoms with Gasteiger partial charge in [-0.15, -0.1) is 0 Å². The molecule has 0 unspecified atom stereocenters. The molecule has 1 aliphatic carbocycles. The average Bonchev–Trinajstić information content (AvgIpc) is 2.81. The Bertz CT molecular complexity index is 1050. The molecule has 1 fully saturated rings. The van der Waals surface area contributed by atoms with Crippen molar-refractivity contribution >= 4 is 16.7 Å². The minimum atomic E-state index is -0.789. The second kappa shape index (κ2) is 9.86. The fourth-order valence-corrected chi connectivity index (χ4v) is 4.49. The van der Waals surface area contributed by atoms with Crippen molar-refractivity contribution in [3.05, 3.63) is 60.2 Å². The summed E-state index contributed by atoms with van der Waals surface area (Å²) in [5, 5.41) is 11.4. The first-order chi connectivity index (χ1) is 15.1. The molecule has 0 heterocycles. The number of rotatable bonds is 8. The van der Waals surface area contributed by atoms with Gasteiger partial charge in [0.2, 0.25) is 0 Å². The van der Waals surface area contributed by atoms with Crippen molar-refractivity contribution in [2.45, 2.75) is 44.9 Å². The summed E-state index contributed by atoms with van der Waals surface area (Å²) in [4.78, 5) is 11.2. The molecule has 31 heavy (non-hydrogen) atoms. The molecule has 0 aliphatic heterocycles. The second-order valence-electron chi connectivity index (χ2n) is 8.43. The first kappa shape index (κ1) is 21.2. The van der Waals surface area contributed by atoms with Crippen molar-refractivity contribution in [1.29, 1.82) is 0 Å². The van der Waals surface area contributed by atoms with Gasteiger partial charge in [-0.3, -0.25) is 4.79 Å². The van der Waals surface area contributed by atoms with Crippen molar-refractivity contribution < 1.29 is 19.4 Å². The first-order valence-electron chi connectivity index (χ1n) is 11.2. The van der Waals surface area contributed by atoms with Crippen LogP contribution in [0, 0.1) is 5.92 Å². The summed E-state index contributed by atoms with van der Waals surface area (Å²) in [5.41, 5.74) is 3.07. The summed E-state index contributed by atoms with van der Waals surface area (Å²) < 4.78 is 11.8. The lowest BCUT2D eigenvalue weighted by atomic mass is 9.90. The highest BCUT2D eigenvalue weighted by Gasteiger charge is 2.18. The molecule has 4 nitrogen and oxygen atoms in total. The van der Waals surface area contributed by atoms with E-state index in [1.165, 1.54) is 32.1 Å². The highest BCUT2D eigenvalue weighted by Crippen LogP contribution is 2.37. The lowest BCUT2D eigenvalue weighted by Gasteiger charge is -2.24. The van der Waals surface area contributed by atoms with E-state index in [9.17, 15) is 9.90 Å². The van der Waals surface area contributed by atoms with Gasteiger partial charge in [0.25, 0.3) is 0 Å². The molecular formula is C27H30O4. The Labute approximate surface area is 183 Å². The van der Waals surface area contributed by atoms with Crippen molar-refractivity contribution in [2.75, 3.05) is 13.7 Å². The van der Waals surface area contributed by atoms with E-state index in [0.717, 1.165) is 39.0 Å². The SMILES string of the molecule is COc1ccc2cc(-c3cccc(CCC(=O)O)c3OCC3CCCCC3)ccc2c1. The van der Waals surface area contributed by atoms with Gasteiger partial charge >= 0.3 is 5.97 Å². The monoisotopic (exact) mass is 418 g/mol. The van der Waals surface area contributed by atoms with Crippen LogP contribution in [-0.2, 0) is 11.2 Å². The van der Waals surface area contributed by atoms with E-state index in [0.29, 0.717) is 18.9 Å². The number of para-hydroxylation sites is 1. The number of aliphatic carboxylic acids is 1. The van der Waals surface area contributed by atoms with Crippen LogP contribution >= 0.6 is 0 Å². The highest BCUT2D eigenvalue weighted by atomic mass is 16.5. The van der Waals surface area contributed by atoms with E-state index in [2.05, 4.69) is 30.3 Å². The number of hydrogen-bond acceptors (Lipinski definition) is 3. The van der Waals surface area contributed by atoms with Crippen LogP contribution in [0.15, 0.2) is 54.6 Å². The molecule has 3 aromatic carbocycles. The van der Waals surface area contributed by atoms with Gasteiger partial charge in [0.15, 0.2) is 0 Å². The number of carboxylic acid groups (broad SMARTS) is 1. The largest absolute Gasteiger partial charge is 0.497 e. The van der Waals surface area contributed by atoms with Gasteiger partial charge < -0.3 is 14.6 Å². The Morgan fingerprint density at radius 2 is 1.77 bits per heavy atom. The van der Waals surface area contributed by atoms with Crippen LogP contribution in [0.3, 0.4) is 0 Å². The molecule has 0 bridgehead atoms. The van der Waals surface area contributed by atoms with Crippen molar-refractivity contribution in [1.82, 2.24) is 0 Å². The molecule has 0 amide bonds. The summed E-state index contributed by atoms with van der Waals surface area (Å²) in [6, 6.07) is 18.5. The Morgan fingerprint density at radius 3 is 2.55 bits per heavy atom. The van der Waals surface area contributed by atoms with Gasteiger partial charge in [0.1, 0.15) is 11.5 Å². The van der Waals surface area contributed by atoms with Crippen LogP contribution in [-0.4, -0.2) is 24.8 Å². The number of carbonyl (C=O) groups is 1. The minimum Gasteiger partial charge on any atom is -0.497 e. The summed E-state index contributed by atoms with van der Waals surface area (Å²) in [6.07, 6.45) is 6.85. The van der Waals surface area contributed by atoms with Gasteiger partial charge in [-0.25, -0.2) is 0 Å². The van der Waals surface area contributed by atoms with Crippen molar-refractivity contribution in [3.8, 4) is 22.6 Å². The molecular weight excluding hydrogens is 388 g/mol. The Hall–Kier alpha value is -3.01. The Kier molecular flexibility index (Phi) is 6.76. The molecule has 1 aliphatic rings. The predicted molar refractivity (Wildman–Crippen MR) is 124 cm³/mol. The van der Waals surface area contributed by atoms with Crippen LogP contribution in [0.1, 0.15) is 44.1 Å². The summed E-state index contributed by atoms with van der Waals surface area (Å²) in [5.74, 6) is 1.47. The van der Waals surface area contributed by atoms with E-state index in [1.54, 1.807) is 7.11 Å². The quantitative estimate of drug-likeness (QED) is 0.454. The number of fused-ring (bicyclic) bond motifs is 1. The number of hydrogen-bond donors (Lipinski definition) is 1. The molecule has 1 N–H and O–H groups in total. The van der Waals surface area contributed by atoms with Crippen molar-refractivity contribution in [3.63, 3.8) is 0 Å². The van der Waals surface area contributed by atoms with Gasteiger partial charge in [-0.05, 0) is 65.3 Å². The number of carboxylic acids is 1. The number of aryl methyl sites for hydroxylation is 1. The highest BCUT2D eigenvalue weighted by molar-refractivity contribution is 5.89. The minimum absolute atomic E-state index is 0.0980. The van der Waals surface area contributed by atoms with E-state index in [-0.39, 0.29) is 6.42 Å². The molecule has 0 aromatic heterocycles. The lowest BCUT2D eigenvalue weighted by Crippen LogP contribution is -2.16. The fourth-order valence-electron chi connectivity index (χ4n) is 4.49. The van der Waals surface area contributed by atoms with E-state index >= 15 is 0 Å². The number of ether oxygens (including phenoxy) is 2. The van der Waals surface area contributed by atoms with Gasteiger partial charge in [-0.1, -0.05) is 55.7 Å². The smallest absolute Gasteiger partial charge is 0.303 e. The molecule has 162 valence electrons. The molecule has 0 atom stereocenters. The molecule has 1 saturated carbocycles. The lowest BCUT2D eigenvalue weighted by molar-refractivity contribution is -0.136. The standard InChI is InChI=1S/C27H30O4/c1-30-24-14-12-21-16-23(11-10-22(21)17-24)25-9-5-8-20(13-15-26(28)29)27(25)31-18-19-6-3-2-4-7-19/h5,8-12,14,16-17,19H,2-4,6-7,13,15,18H2,1H3,(H,28,29). The summed E-state index contributed by atoms with van der Waals surface area (Å²) in [6.45, 7) is 0.696. The zero-order valence-corrected chi connectivity index (χ0v) is 18.1. The second-order valence-corrected chi connectivity index (χ2v) is 8.43. The maximum Gasteiger partial charge on any atom is 0.303 e. The molecule has 4 rings (SSSR count). The Morgan fingerprint density at radius 1 is 1.00 bits per heavy atom. The zero-order chi connectivity index (χ0) is 21.6. The maximum atomic E-state index is 11.2. The average molecular weight is 419 g/mol. The van der Waals surface area contributed by atoms with Gasteiger partial charge in [0.05, 0.1) is 13.7 Å². The van der Waals surface area contributed by atoms with Gasteiger partial charge in [0, 0.05) is 12.0 Å². The first-order valence-corrected chi connectivity index (χ1v) is 11.2. The zero-order valence-electron chi connectivity index (χ0n) is 18.1. The maximum absolute atomic E-state index is 11.2. The number of benzene rings is 3. The third-order valence-corrected chi connectivity index (χ3v) is 6.25. The molecule has 0 saturated heterocycles. The molecule has 0 spiro atoms. The van der Waals surface area contributed by atoms with E-state index in [1.807, 2.05) is 24.3 Å². The predicted octanol–water partition coefficient (Wildman–Crippen LogP) is 6.49. The number of methoxy groups -OCH3 is 1. The summed E-state index contributed by atoms with van der Waals surface area (Å²) in [7, 11) is 1.67. The summed E-state index contributed by atoms with van der Waals surface area (Å²) >= 11 is 0. The van der Waals surface area contributed by atoms with Crippen LogP contribution < -0.4 is 9.47 Å². The Balaban J connectivity index is 1.68. The fraction of sp³-hybridized carbons (Fsp3) is 0.370.